The maximum Gasteiger partial charge on any atom is 0.259 e. The van der Waals surface area contributed by atoms with Gasteiger partial charge >= 0.3 is 0 Å². The highest BCUT2D eigenvalue weighted by molar-refractivity contribution is 7.15. The summed E-state index contributed by atoms with van der Waals surface area (Å²) in [5.74, 6) is 0.244. The summed E-state index contributed by atoms with van der Waals surface area (Å²) < 4.78 is 3.57. The molecule has 28 heavy (non-hydrogen) atoms. The Morgan fingerprint density at radius 3 is 2.71 bits per heavy atom. The first-order valence-corrected chi connectivity index (χ1v) is 9.45. The third-order valence-electron chi connectivity index (χ3n) is 4.28. The minimum Gasteiger partial charge on any atom is -0.322 e. The molecule has 4 aromatic heterocycles. The van der Waals surface area contributed by atoms with Crippen LogP contribution < -0.4 is 5.32 Å². The van der Waals surface area contributed by atoms with E-state index >= 15 is 0 Å². The fraction of sp³-hybridized carbons (Fsp3) is 0. The van der Waals surface area contributed by atoms with Crippen LogP contribution in [-0.4, -0.2) is 30.1 Å². The largest absolute Gasteiger partial charge is 0.322 e. The molecule has 5 aromatic rings. The van der Waals surface area contributed by atoms with Crippen LogP contribution in [0.5, 0.6) is 0 Å². The summed E-state index contributed by atoms with van der Waals surface area (Å²) in [5.41, 5.74) is 3.04. The van der Waals surface area contributed by atoms with Crippen molar-refractivity contribution in [1.82, 2.24) is 24.1 Å². The molecule has 1 N–H and O–H groups in total. The number of thiazole rings is 1. The minimum atomic E-state index is -0.242. The second-order valence-electron chi connectivity index (χ2n) is 6.08. The van der Waals surface area contributed by atoms with Crippen LogP contribution in [0.3, 0.4) is 0 Å². The predicted molar refractivity (Wildman–Crippen MR) is 108 cm³/mol. The quantitative estimate of drug-likeness (QED) is 0.508. The molecular formula is C20H14N6OS. The Morgan fingerprint density at radius 1 is 1.04 bits per heavy atom. The molecule has 5 rings (SSSR count). The van der Waals surface area contributed by atoms with Gasteiger partial charge in [0.15, 0.2) is 10.8 Å². The van der Waals surface area contributed by atoms with E-state index in [1.54, 1.807) is 52.8 Å². The maximum atomic E-state index is 12.8. The Balaban J connectivity index is 1.38. The first-order chi connectivity index (χ1) is 13.8. The highest BCUT2D eigenvalue weighted by Crippen LogP contribution is 2.23. The normalized spacial score (nSPS) is 11.0. The zero-order valence-corrected chi connectivity index (χ0v) is 15.4. The van der Waals surface area contributed by atoms with Crippen molar-refractivity contribution in [3.63, 3.8) is 0 Å². The second-order valence-corrected chi connectivity index (χ2v) is 6.95. The fourth-order valence-corrected chi connectivity index (χ4v) is 3.64. The van der Waals surface area contributed by atoms with Crippen molar-refractivity contribution in [3.05, 3.63) is 84.4 Å². The van der Waals surface area contributed by atoms with Crippen molar-refractivity contribution in [1.29, 1.82) is 0 Å². The van der Waals surface area contributed by atoms with E-state index in [-0.39, 0.29) is 5.91 Å². The van der Waals surface area contributed by atoms with Gasteiger partial charge in [0.2, 0.25) is 0 Å². The number of fused-ring (bicyclic) bond motifs is 1. The Labute approximate surface area is 163 Å². The molecule has 0 radical (unpaired) electrons. The molecule has 4 heterocycles. The average Bonchev–Trinajstić information content (AvgIpc) is 3.46. The van der Waals surface area contributed by atoms with Gasteiger partial charge in [0.05, 0.1) is 11.3 Å². The lowest BCUT2D eigenvalue weighted by Crippen LogP contribution is -2.16. The smallest absolute Gasteiger partial charge is 0.259 e. The third-order valence-corrected chi connectivity index (χ3v) is 5.06. The van der Waals surface area contributed by atoms with Gasteiger partial charge in [-0.25, -0.2) is 14.6 Å². The van der Waals surface area contributed by atoms with E-state index in [2.05, 4.69) is 20.4 Å². The summed E-state index contributed by atoms with van der Waals surface area (Å²) in [4.78, 5) is 22.6. The second kappa shape index (κ2) is 6.75. The Morgan fingerprint density at radius 2 is 1.93 bits per heavy atom. The number of anilines is 1. The van der Waals surface area contributed by atoms with Gasteiger partial charge in [-0.3, -0.25) is 9.20 Å². The lowest BCUT2D eigenvalue weighted by Gasteiger charge is -2.09. The van der Waals surface area contributed by atoms with Crippen LogP contribution in [-0.2, 0) is 0 Å². The first kappa shape index (κ1) is 16.4. The van der Waals surface area contributed by atoms with Crippen LogP contribution in [0.2, 0.25) is 0 Å². The van der Waals surface area contributed by atoms with Crippen LogP contribution in [0.25, 0.3) is 22.0 Å². The van der Waals surface area contributed by atoms with Crippen molar-refractivity contribution in [3.8, 4) is 17.1 Å². The molecule has 0 bridgehead atoms. The number of rotatable bonds is 4. The molecule has 1 amide bonds. The molecule has 0 atom stereocenters. The molecule has 0 saturated carbocycles. The van der Waals surface area contributed by atoms with Crippen molar-refractivity contribution in [2.45, 2.75) is 0 Å². The summed E-state index contributed by atoms with van der Waals surface area (Å²) in [6.07, 6.45) is 9.01. The number of nitrogens with zero attached hydrogens (tertiary/aromatic N) is 5. The van der Waals surface area contributed by atoms with Gasteiger partial charge in [-0.15, -0.1) is 11.3 Å². The molecule has 136 valence electrons. The van der Waals surface area contributed by atoms with Gasteiger partial charge < -0.3 is 5.32 Å². The van der Waals surface area contributed by atoms with Gasteiger partial charge in [-0.2, -0.15) is 5.10 Å². The van der Waals surface area contributed by atoms with Gasteiger partial charge in [0.25, 0.3) is 5.91 Å². The molecule has 0 unspecified atom stereocenters. The highest BCUT2D eigenvalue weighted by atomic mass is 32.1. The van der Waals surface area contributed by atoms with Crippen LogP contribution in [0.4, 0.5) is 5.69 Å². The van der Waals surface area contributed by atoms with Crippen molar-refractivity contribution >= 4 is 27.9 Å². The number of amides is 1. The third kappa shape index (κ3) is 2.95. The van der Waals surface area contributed by atoms with Crippen molar-refractivity contribution in [2.75, 3.05) is 5.32 Å². The van der Waals surface area contributed by atoms with Gasteiger partial charge in [0, 0.05) is 47.6 Å². The summed E-state index contributed by atoms with van der Waals surface area (Å²) in [6, 6.07) is 12.9. The van der Waals surface area contributed by atoms with E-state index in [9.17, 15) is 4.79 Å². The van der Waals surface area contributed by atoms with E-state index in [0.717, 1.165) is 16.2 Å². The van der Waals surface area contributed by atoms with E-state index in [1.807, 2.05) is 46.4 Å². The minimum absolute atomic E-state index is 0.242. The standard InChI is InChI=1S/C20H14N6OS/c27-19(16-3-1-8-21-18(16)26-10-2-9-22-26)23-15-6-4-14(5-7-15)17-13-25-11-12-28-20(25)24-17/h1-13H,(H,23,27). The molecule has 0 fully saturated rings. The first-order valence-electron chi connectivity index (χ1n) is 8.57. The fourth-order valence-electron chi connectivity index (χ4n) is 2.94. The van der Waals surface area contributed by atoms with E-state index in [4.69, 9.17) is 0 Å². The molecule has 7 nitrogen and oxygen atoms in total. The Bertz CT molecular complexity index is 1230. The summed E-state index contributed by atoms with van der Waals surface area (Å²) >= 11 is 1.59. The average molecular weight is 386 g/mol. The van der Waals surface area contributed by atoms with Crippen LogP contribution >= 0.6 is 11.3 Å². The number of nitrogens with one attached hydrogen (secondary N) is 1. The van der Waals surface area contributed by atoms with Crippen LogP contribution in [0.15, 0.2) is 78.8 Å². The summed E-state index contributed by atoms with van der Waals surface area (Å²) in [7, 11) is 0. The lowest BCUT2D eigenvalue weighted by atomic mass is 10.1. The van der Waals surface area contributed by atoms with E-state index in [0.29, 0.717) is 17.1 Å². The maximum absolute atomic E-state index is 12.8. The van der Waals surface area contributed by atoms with Gasteiger partial charge in [-0.05, 0) is 30.3 Å². The molecule has 1 aromatic carbocycles. The number of carbonyl (C=O) groups is 1. The number of carbonyl (C=O) groups excluding carboxylic acids is 1. The predicted octanol–water partition coefficient (Wildman–Crippen LogP) is 3.90. The molecule has 0 aliphatic rings. The lowest BCUT2D eigenvalue weighted by molar-refractivity contribution is 0.102. The van der Waals surface area contributed by atoms with Crippen LogP contribution in [0, 0.1) is 0 Å². The SMILES string of the molecule is O=C(Nc1ccc(-c2cn3ccsc3n2)cc1)c1cccnc1-n1cccn1. The van der Waals surface area contributed by atoms with Crippen molar-refractivity contribution < 1.29 is 4.79 Å². The molecule has 0 aliphatic heterocycles. The van der Waals surface area contributed by atoms with Gasteiger partial charge in [-0.1, -0.05) is 12.1 Å². The molecular weight excluding hydrogens is 372 g/mol. The summed E-state index contributed by atoms with van der Waals surface area (Å²) in [6.45, 7) is 0. The molecule has 0 saturated heterocycles. The van der Waals surface area contributed by atoms with Crippen LogP contribution in [0.1, 0.15) is 10.4 Å². The number of benzene rings is 1. The number of pyridine rings is 1. The topological polar surface area (TPSA) is 77.1 Å². The number of hydrogen-bond donors (Lipinski definition) is 1. The Hall–Kier alpha value is -3.78. The monoisotopic (exact) mass is 386 g/mol. The van der Waals surface area contributed by atoms with E-state index < -0.39 is 0 Å². The summed E-state index contributed by atoms with van der Waals surface area (Å²) in [5, 5.41) is 9.08. The number of imidazole rings is 1. The molecule has 8 heteroatoms. The molecule has 0 spiro atoms. The van der Waals surface area contributed by atoms with E-state index in [1.165, 1.54) is 0 Å². The number of hydrogen-bond acceptors (Lipinski definition) is 5. The number of aromatic nitrogens is 5. The van der Waals surface area contributed by atoms with Crippen molar-refractivity contribution in [2.24, 2.45) is 0 Å². The van der Waals surface area contributed by atoms with Gasteiger partial charge in [0.1, 0.15) is 0 Å². The molecule has 0 aliphatic carbocycles. The zero-order valence-electron chi connectivity index (χ0n) is 14.6. The highest BCUT2D eigenvalue weighted by Gasteiger charge is 2.14. The Kier molecular flexibility index (Phi) is 3.95. The zero-order chi connectivity index (χ0) is 18.9.